The van der Waals surface area contributed by atoms with Gasteiger partial charge in [0.05, 0.1) is 5.92 Å². The molecule has 1 aliphatic carbocycles. The number of hydrogen-bond acceptors (Lipinski definition) is 3. The quantitative estimate of drug-likeness (QED) is 0.680. The zero-order valence-corrected chi connectivity index (χ0v) is 11.1. The normalized spacial score (nSPS) is 28.1. The van der Waals surface area contributed by atoms with Gasteiger partial charge >= 0.3 is 5.97 Å². The summed E-state index contributed by atoms with van der Waals surface area (Å²) in [5.41, 5.74) is -0.706. The molecule has 0 heterocycles. The third kappa shape index (κ3) is 2.45. The van der Waals surface area contributed by atoms with Crippen LogP contribution < -0.4 is 0 Å². The Morgan fingerprint density at radius 3 is 2.00 bits per heavy atom. The van der Waals surface area contributed by atoms with Crippen LogP contribution in [0.4, 0.5) is 0 Å². The molecule has 2 atom stereocenters. The lowest BCUT2D eigenvalue weighted by Crippen LogP contribution is -2.53. The number of carbonyl (C=O) groups excluding carboxylic acids is 2. The molecule has 0 aliphatic heterocycles. The van der Waals surface area contributed by atoms with Gasteiger partial charge in [-0.3, -0.25) is 9.59 Å². The first-order valence-corrected chi connectivity index (χ1v) is 5.79. The number of ether oxygens (including phenoxy) is 1. The highest BCUT2D eigenvalue weighted by molar-refractivity contribution is 5.85. The van der Waals surface area contributed by atoms with E-state index in [-0.39, 0.29) is 29.0 Å². The minimum atomic E-state index is -0.450. The van der Waals surface area contributed by atoms with Crippen molar-refractivity contribution < 1.29 is 14.3 Å². The molecule has 0 aromatic rings. The van der Waals surface area contributed by atoms with Gasteiger partial charge in [-0.2, -0.15) is 0 Å². The predicted molar refractivity (Wildman–Crippen MR) is 61.9 cm³/mol. The molecule has 0 amide bonds. The molecule has 0 unspecified atom stereocenters. The Kier molecular flexibility index (Phi) is 3.19. The molecule has 1 fully saturated rings. The molecule has 0 N–H and O–H groups in total. The summed E-state index contributed by atoms with van der Waals surface area (Å²) in [6.45, 7) is 11.1. The molecule has 0 aromatic carbocycles. The van der Waals surface area contributed by atoms with Crippen LogP contribution in [0, 0.1) is 17.3 Å². The Labute approximate surface area is 97.5 Å². The highest BCUT2D eigenvalue weighted by atomic mass is 16.6. The lowest BCUT2D eigenvalue weighted by atomic mass is 9.53. The van der Waals surface area contributed by atoms with Crippen molar-refractivity contribution >= 4 is 11.8 Å². The molecule has 0 saturated heterocycles. The smallest absolute Gasteiger partial charge is 0.310 e. The maximum atomic E-state index is 11.9. The van der Waals surface area contributed by atoms with E-state index in [0.717, 1.165) is 0 Å². The number of rotatable bonds is 2. The van der Waals surface area contributed by atoms with Crippen LogP contribution in [-0.2, 0) is 14.3 Å². The van der Waals surface area contributed by atoms with Crippen LogP contribution >= 0.6 is 0 Å². The van der Waals surface area contributed by atoms with Crippen molar-refractivity contribution in [3.8, 4) is 0 Å². The predicted octanol–water partition coefficient (Wildman–Crippen LogP) is 2.58. The molecule has 92 valence electrons. The van der Waals surface area contributed by atoms with Gasteiger partial charge in [0.25, 0.3) is 0 Å². The second-order valence-electron chi connectivity index (χ2n) is 6.31. The molecular formula is C13H22O3. The summed E-state index contributed by atoms with van der Waals surface area (Å²) in [4.78, 5) is 23.2. The molecule has 0 bridgehead atoms. The van der Waals surface area contributed by atoms with Crippen LogP contribution in [0.5, 0.6) is 0 Å². The highest BCUT2D eigenvalue weighted by Crippen LogP contribution is 2.52. The van der Waals surface area contributed by atoms with E-state index < -0.39 is 5.60 Å². The summed E-state index contributed by atoms with van der Waals surface area (Å²) in [6.07, 6.45) is 0.636. The second kappa shape index (κ2) is 3.86. The molecule has 1 aliphatic rings. The minimum Gasteiger partial charge on any atom is -0.460 e. The van der Waals surface area contributed by atoms with E-state index in [9.17, 15) is 9.59 Å². The minimum absolute atomic E-state index is 0.00465. The van der Waals surface area contributed by atoms with E-state index in [4.69, 9.17) is 4.74 Å². The van der Waals surface area contributed by atoms with Crippen molar-refractivity contribution in [2.24, 2.45) is 17.3 Å². The van der Waals surface area contributed by atoms with Gasteiger partial charge in [-0.15, -0.1) is 0 Å². The molecular weight excluding hydrogens is 204 g/mol. The van der Waals surface area contributed by atoms with Crippen molar-refractivity contribution in [3.05, 3.63) is 0 Å². The van der Waals surface area contributed by atoms with Crippen molar-refractivity contribution in [3.63, 3.8) is 0 Å². The van der Waals surface area contributed by atoms with E-state index in [1.54, 1.807) is 6.92 Å². The van der Waals surface area contributed by atoms with Gasteiger partial charge < -0.3 is 4.74 Å². The average molecular weight is 226 g/mol. The Bertz CT molecular complexity index is 310. The largest absolute Gasteiger partial charge is 0.460 e. The Hall–Kier alpha value is -0.860. The van der Waals surface area contributed by atoms with Crippen molar-refractivity contribution in [1.82, 2.24) is 0 Å². The molecule has 0 radical (unpaired) electrons. The monoisotopic (exact) mass is 226 g/mol. The van der Waals surface area contributed by atoms with Crippen LogP contribution in [0.15, 0.2) is 0 Å². The van der Waals surface area contributed by atoms with Crippen LogP contribution in [0.2, 0.25) is 0 Å². The maximum absolute atomic E-state index is 11.9. The number of esters is 1. The Balaban J connectivity index is 2.66. The van der Waals surface area contributed by atoms with E-state index >= 15 is 0 Å². The summed E-state index contributed by atoms with van der Waals surface area (Å²) < 4.78 is 5.36. The van der Waals surface area contributed by atoms with Crippen molar-refractivity contribution in [2.45, 2.75) is 53.6 Å². The number of hydrogen-bond donors (Lipinski definition) is 0. The van der Waals surface area contributed by atoms with E-state index in [1.807, 2.05) is 34.6 Å². The van der Waals surface area contributed by atoms with Crippen LogP contribution in [0.1, 0.15) is 48.0 Å². The van der Waals surface area contributed by atoms with Gasteiger partial charge in [0.15, 0.2) is 0 Å². The maximum Gasteiger partial charge on any atom is 0.310 e. The zero-order chi connectivity index (χ0) is 12.7. The van der Waals surface area contributed by atoms with E-state index in [2.05, 4.69) is 0 Å². The van der Waals surface area contributed by atoms with Crippen LogP contribution in [0.25, 0.3) is 0 Å². The Morgan fingerprint density at radius 1 is 1.19 bits per heavy atom. The fraction of sp³-hybridized carbons (Fsp3) is 0.846. The van der Waals surface area contributed by atoms with E-state index in [0.29, 0.717) is 6.42 Å². The van der Waals surface area contributed by atoms with Gasteiger partial charge in [-0.05, 0) is 39.5 Å². The molecule has 3 nitrogen and oxygen atoms in total. The van der Waals surface area contributed by atoms with Gasteiger partial charge in [0, 0.05) is 5.92 Å². The zero-order valence-electron chi connectivity index (χ0n) is 11.1. The van der Waals surface area contributed by atoms with Crippen molar-refractivity contribution in [1.29, 1.82) is 0 Å². The summed E-state index contributed by atoms with van der Waals surface area (Å²) in [5.74, 6) is -0.134. The van der Waals surface area contributed by atoms with Gasteiger partial charge in [-0.1, -0.05) is 13.8 Å². The molecule has 1 rings (SSSR count). The SMILES string of the molecule is CC(=O)[C@@H]1C[C@@H](C(=O)OC(C)(C)C)C1(C)C. The topological polar surface area (TPSA) is 43.4 Å². The number of ketones is 1. The molecule has 3 heteroatoms. The molecule has 16 heavy (non-hydrogen) atoms. The van der Waals surface area contributed by atoms with Gasteiger partial charge in [-0.25, -0.2) is 0 Å². The Morgan fingerprint density at radius 2 is 1.69 bits per heavy atom. The van der Waals surface area contributed by atoms with Gasteiger partial charge in [0.1, 0.15) is 11.4 Å². The number of carbonyl (C=O) groups is 2. The van der Waals surface area contributed by atoms with E-state index in [1.165, 1.54) is 0 Å². The fourth-order valence-electron chi connectivity index (χ4n) is 2.39. The summed E-state index contributed by atoms with van der Waals surface area (Å²) in [7, 11) is 0. The highest BCUT2D eigenvalue weighted by Gasteiger charge is 2.54. The summed E-state index contributed by atoms with van der Waals surface area (Å²) in [5, 5.41) is 0. The van der Waals surface area contributed by atoms with Crippen LogP contribution in [0.3, 0.4) is 0 Å². The lowest BCUT2D eigenvalue weighted by molar-refractivity contribution is -0.177. The third-order valence-corrected chi connectivity index (χ3v) is 3.45. The summed E-state index contributed by atoms with van der Waals surface area (Å²) >= 11 is 0. The third-order valence-electron chi connectivity index (χ3n) is 3.45. The average Bonchev–Trinajstić information content (AvgIpc) is 1.97. The first kappa shape index (κ1) is 13.2. The fourth-order valence-corrected chi connectivity index (χ4v) is 2.39. The van der Waals surface area contributed by atoms with Gasteiger partial charge in [0.2, 0.25) is 0 Å². The second-order valence-corrected chi connectivity index (χ2v) is 6.31. The first-order valence-electron chi connectivity index (χ1n) is 5.79. The van der Waals surface area contributed by atoms with Crippen LogP contribution in [-0.4, -0.2) is 17.4 Å². The number of Topliss-reactive ketones (excluding diaryl/α,β-unsaturated/α-hetero) is 1. The molecule has 0 spiro atoms. The molecule has 1 saturated carbocycles. The first-order chi connectivity index (χ1) is 7.05. The lowest BCUT2D eigenvalue weighted by Gasteiger charge is -2.49. The summed E-state index contributed by atoms with van der Waals surface area (Å²) in [6, 6.07) is 0. The standard InChI is InChI=1S/C13H22O3/c1-8(14)9-7-10(13(9,5)6)11(15)16-12(2,3)4/h9-10H,7H2,1-6H3/t9-,10-/m0/s1. The molecule has 0 aromatic heterocycles. The van der Waals surface area contributed by atoms with Crippen molar-refractivity contribution in [2.75, 3.05) is 0 Å².